The second kappa shape index (κ2) is 11.6. The van der Waals surface area contributed by atoms with Gasteiger partial charge in [0.15, 0.2) is 0 Å². The van der Waals surface area contributed by atoms with E-state index in [9.17, 15) is 18.0 Å². The topological polar surface area (TPSA) is 86.8 Å². The van der Waals surface area contributed by atoms with Crippen LogP contribution in [0.3, 0.4) is 0 Å². The molecule has 2 aromatic carbocycles. The van der Waals surface area contributed by atoms with Gasteiger partial charge in [0.05, 0.1) is 11.9 Å². The Kier molecular flexibility index (Phi) is 9.01. The summed E-state index contributed by atoms with van der Waals surface area (Å²) in [6, 6.07) is 13.0. The molecule has 1 saturated carbocycles. The van der Waals surface area contributed by atoms with Crippen LogP contribution in [0.5, 0.6) is 0 Å². The number of carbonyl (C=O) groups excluding carboxylic acids is 2. The summed E-state index contributed by atoms with van der Waals surface area (Å²) in [5.74, 6) is -0.760. The van der Waals surface area contributed by atoms with E-state index in [4.69, 9.17) is 11.6 Å². The lowest BCUT2D eigenvalue weighted by atomic mass is 10.1. The van der Waals surface area contributed by atoms with Gasteiger partial charge in [0.1, 0.15) is 12.6 Å². The molecule has 7 nitrogen and oxygen atoms in total. The second-order valence-electron chi connectivity index (χ2n) is 8.53. The fraction of sp³-hybridized carbons (Fsp3) is 0.417. The number of halogens is 2. The number of hydrogen-bond donors (Lipinski definition) is 1. The van der Waals surface area contributed by atoms with Crippen LogP contribution in [0.15, 0.2) is 53.0 Å². The molecule has 184 valence electrons. The van der Waals surface area contributed by atoms with Gasteiger partial charge >= 0.3 is 0 Å². The quantitative estimate of drug-likeness (QED) is 0.486. The van der Waals surface area contributed by atoms with Crippen LogP contribution in [0.4, 0.5) is 5.69 Å². The smallest absolute Gasteiger partial charge is 0.244 e. The zero-order chi connectivity index (χ0) is 24.9. The first kappa shape index (κ1) is 26.5. The molecule has 1 aliphatic carbocycles. The van der Waals surface area contributed by atoms with Crippen molar-refractivity contribution in [1.29, 1.82) is 0 Å². The summed E-state index contributed by atoms with van der Waals surface area (Å²) < 4.78 is 27.0. The van der Waals surface area contributed by atoms with Gasteiger partial charge in [0.2, 0.25) is 21.8 Å². The Labute approximate surface area is 214 Å². The van der Waals surface area contributed by atoms with Gasteiger partial charge in [-0.15, -0.1) is 0 Å². The first-order valence-corrected chi connectivity index (χ1v) is 14.1. The molecule has 2 aromatic rings. The maximum atomic E-state index is 13.5. The number of benzene rings is 2. The maximum absolute atomic E-state index is 13.5. The molecule has 3 rings (SSSR count). The lowest BCUT2D eigenvalue weighted by molar-refractivity contribution is -0.139. The summed E-state index contributed by atoms with van der Waals surface area (Å²) in [7, 11) is -3.76. The molecule has 0 heterocycles. The second-order valence-corrected chi connectivity index (χ2v) is 11.8. The van der Waals surface area contributed by atoms with Gasteiger partial charge in [-0.1, -0.05) is 58.6 Å². The molecular weight excluding hydrogens is 542 g/mol. The molecule has 2 amide bonds. The third-order valence-corrected chi connectivity index (χ3v) is 8.00. The zero-order valence-corrected chi connectivity index (χ0v) is 22.4. The normalized spacial score (nSPS) is 15.1. The van der Waals surface area contributed by atoms with Crippen molar-refractivity contribution in [2.24, 2.45) is 0 Å². The Bertz CT molecular complexity index is 1120. The average Bonchev–Trinajstić information content (AvgIpc) is 3.29. The molecule has 0 aromatic heterocycles. The predicted molar refractivity (Wildman–Crippen MR) is 138 cm³/mol. The largest absolute Gasteiger partial charge is 0.352 e. The Morgan fingerprint density at radius 3 is 2.32 bits per heavy atom. The summed E-state index contributed by atoms with van der Waals surface area (Å²) in [5, 5.41) is 3.50. The van der Waals surface area contributed by atoms with Gasteiger partial charge in [-0.2, -0.15) is 0 Å². The first-order valence-electron chi connectivity index (χ1n) is 11.1. The van der Waals surface area contributed by atoms with E-state index >= 15 is 0 Å². The van der Waals surface area contributed by atoms with Gasteiger partial charge in [-0.3, -0.25) is 13.9 Å². The van der Waals surface area contributed by atoms with Gasteiger partial charge in [0, 0.05) is 22.1 Å². The maximum Gasteiger partial charge on any atom is 0.244 e. The van der Waals surface area contributed by atoms with E-state index in [1.807, 2.05) is 0 Å². The monoisotopic (exact) mass is 569 g/mol. The van der Waals surface area contributed by atoms with Crippen LogP contribution in [-0.4, -0.2) is 50.0 Å². The van der Waals surface area contributed by atoms with Crippen molar-refractivity contribution in [1.82, 2.24) is 10.2 Å². The van der Waals surface area contributed by atoms with Crippen molar-refractivity contribution in [3.63, 3.8) is 0 Å². The van der Waals surface area contributed by atoms with Crippen LogP contribution in [0.2, 0.25) is 5.02 Å². The highest BCUT2D eigenvalue weighted by atomic mass is 79.9. The standard InChI is InChI=1S/C24H29BrClN3O4S/c1-17(24(31)27-20-8-4-5-9-20)28(15-18-7-3-6-10-22(18)26)23(30)16-29(34(2,32)33)21-13-11-19(25)12-14-21/h3,6-7,10-14,17,20H,4-5,8-9,15-16H2,1-2H3,(H,27,31)/t17-/m0/s1. The number of anilines is 1. The molecule has 0 spiro atoms. The van der Waals surface area contributed by atoms with E-state index in [1.54, 1.807) is 55.5 Å². The summed E-state index contributed by atoms with van der Waals surface area (Å²) >= 11 is 9.67. The Balaban J connectivity index is 1.88. The van der Waals surface area contributed by atoms with Gasteiger partial charge in [-0.25, -0.2) is 8.42 Å². The third kappa shape index (κ3) is 6.96. The SMILES string of the molecule is C[C@@H](C(=O)NC1CCCC1)N(Cc1ccccc1Cl)C(=O)CN(c1ccc(Br)cc1)S(C)(=O)=O. The van der Waals surface area contributed by atoms with Crippen molar-refractivity contribution in [2.75, 3.05) is 17.1 Å². The summed E-state index contributed by atoms with van der Waals surface area (Å²) in [6.45, 7) is 1.30. The Morgan fingerprint density at radius 1 is 1.12 bits per heavy atom. The van der Waals surface area contributed by atoms with E-state index < -0.39 is 28.5 Å². The third-order valence-electron chi connectivity index (χ3n) is 5.96. The van der Waals surface area contributed by atoms with Crippen molar-refractivity contribution >= 4 is 55.1 Å². The average molecular weight is 571 g/mol. The number of nitrogens with zero attached hydrogens (tertiary/aromatic N) is 2. The molecule has 0 saturated heterocycles. The first-order chi connectivity index (χ1) is 16.1. The summed E-state index contributed by atoms with van der Waals surface area (Å²) in [6.07, 6.45) is 5.03. The van der Waals surface area contributed by atoms with Gasteiger partial charge in [0.25, 0.3) is 0 Å². The number of carbonyl (C=O) groups is 2. The highest BCUT2D eigenvalue weighted by Crippen LogP contribution is 2.23. The molecule has 1 N–H and O–H groups in total. The highest BCUT2D eigenvalue weighted by molar-refractivity contribution is 9.10. The fourth-order valence-corrected chi connectivity index (χ4v) is 5.32. The number of hydrogen-bond acceptors (Lipinski definition) is 4. The summed E-state index contributed by atoms with van der Waals surface area (Å²) in [5.41, 5.74) is 1.03. The van der Waals surface area contributed by atoms with Crippen LogP contribution >= 0.6 is 27.5 Å². The van der Waals surface area contributed by atoms with Crippen molar-refractivity contribution in [3.8, 4) is 0 Å². The lowest BCUT2D eigenvalue weighted by Crippen LogP contribution is -2.52. The van der Waals surface area contributed by atoms with E-state index in [2.05, 4.69) is 21.2 Å². The van der Waals surface area contributed by atoms with Gasteiger partial charge in [-0.05, 0) is 55.7 Å². The number of nitrogens with one attached hydrogen (secondary N) is 1. The Hall–Kier alpha value is -2.10. The minimum absolute atomic E-state index is 0.0791. The highest BCUT2D eigenvalue weighted by Gasteiger charge is 2.31. The molecule has 1 fully saturated rings. The fourth-order valence-electron chi connectivity index (χ4n) is 4.01. The lowest BCUT2D eigenvalue weighted by Gasteiger charge is -2.32. The van der Waals surface area contributed by atoms with E-state index in [0.29, 0.717) is 16.3 Å². The van der Waals surface area contributed by atoms with Crippen LogP contribution in [0.1, 0.15) is 38.2 Å². The van der Waals surface area contributed by atoms with Crippen LogP contribution < -0.4 is 9.62 Å². The minimum atomic E-state index is -3.76. The summed E-state index contributed by atoms with van der Waals surface area (Å²) in [4.78, 5) is 28.0. The minimum Gasteiger partial charge on any atom is -0.352 e. The molecule has 0 radical (unpaired) electrons. The van der Waals surface area contributed by atoms with Crippen molar-refractivity contribution in [3.05, 3.63) is 63.6 Å². The molecule has 10 heteroatoms. The van der Waals surface area contributed by atoms with Crippen molar-refractivity contribution < 1.29 is 18.0 Å². The van der Waals surface area contributed by atoms with Crippen molar-refractivity contribution in [2.45, 2.75) is 51.2 Å². The molecule has 1 aliphatic rings. The molecular formula is C24H29BrClN3O4S. The van der Waals surface area contributed by atoms with E-state index in [-0.39, 0.29) is 18.5 Å². The van der Waals surface area contributed by atoms with Crippen LogP contribution in [-0.2, 0) is 26.2 Å². The Morgan fingerprint density at radius 2 is 1.74 bits per heavy atom. The molecule has 0 aliphatic heterocycles. The molecule has 0 unspecified atom stereocenters. The van der Waals surface area contributed by atoms with Crippen LogP contribution in [0, 0.1) is 0 Å². The predicted octanol–water partition coefficient (Wildman–Crippen LogP) is 4.34. The number of amides is 2. The number of sulfonamides is 1. The molecule has 1 atom stereocenters. The van der Waals surface area contributed by atoms with Gasteiger partial charge < -0.3 is 10.2 Å². The molecule has 0 bridgehead atoms. The zero-order valence-electron chi connectivity index (χ0n) is 19.2. The number of rotatable bonds is 9. The van der Waals surface area contributed by atoms with Crippen LogP contribution in [0.25, 0.3) is 0 Å². The van der Waals surface area contributed by atoms with E-state index in [1.165, 1.54) is 4.90 Å². The van der Waals surface area contributed by atoms with E-state index in [0.717, 1.165) is 40.7 Å². The molecule has 34 heavy (non-hydrogen) atoms.